The molecule has 92 valence electrons. The van der Waals surface area contributed by atoms with Gasteiger partial charge < -0.3 is 10.5 Å². The molecule has 1 aromatic carbocycles. The molecule has 0 amide bonds. The summed E-state index contributed by atoms with van der Waals surface area (Å²) < 4.78 is 5.46. The lowest BCUT2D eigenvalue weighted by Crippen LogP contribution is -2.14. The maximum atomic E-state index is 10.9. The van der Waals surface area contributed by atoms with Crippen molar-refractivity contribution in [3.8, 4) is 5.75 Å². The van der Waals surface area contributed by atoms with Crippen molar-refractivity contribution in [3.05, 3.63) is 28.3 Å². The number of rotatable bonds is 5. The Morgan fingerprint density at radius 1 is 1.47 bits per heavy atom. The predicted octanol–water partition coefficient (Wildman–Crippen LogP) is 2.75. The molecule has 2 N–H and O–H groups in total. The Morgan fingerprint density at radius 2 is 2.24 bits per heavy atom. The molecule has 0 radical (unpaired) electrons. The van der Waals surface area contributed by atoms with Crippen LogP contribution in [0.25, 0.3) is 0 Å². The highest BCUT2D eigenvalue weighted by atomic mass is 16.6. The summed E-state index contributed by atoms with van der Waals surface area (Å²) in [6.07, 6.45) is 4.76. The van der Waals surface area contributed by atoms with E-state index in [1.165, 1.54) is 25.3 Å². The molecule has 1 fully saturated rings. The van der Waals surface area contributed by atoms with Gasteiger partial charge in [0, 0.05) is 0 Å². The minimum absolute atomic E-state index is 0.124. The smallest absolute Gasteiger partial charge is 0.333 e. The average molecular weight is 236 g/mol. The molecule has 1 saturated carbocycles. The van der Waals surface area contributed by atoms with Gasteiger partial charge in [0.2, 0.25) is 0 Å². The van der Waals surface area contributed by atoms with Crippen molar-refractivity contribution in [2.24, 2.45) is 5.92 Å². The molecule has 0 aromatic heterocycles. The third-order valence-corrected chi connectivity index (χ3v) is 3.22. The molecule has 0 atom stereocenters. The third kappa shape index (κ3) is 2.67. The maximum Gasteiger partial charge on any atom is 0.333 e. The van der Waals surface area contributed by atoms with E-state index >= 15 is 0 Å². The maximum absolute atomic E-state index is 10.9. The number of nitrogens with two attached hydrogens (primary N) is 1. The number of benzene rings is 1. The number of hydrogen-bond acceptors (Lipinski definition) is 4. The number of nitro benzene ring substituents is 1. The molecule has 5 heteroatoms. The van der Waals surface area contributed by atoms with Crippen LogP contribution < -0.4 is 10.5 Å². The third-order valence-electron chi connectivity index (χ3n) is 3.22. The summed E-state index contributed by atoms with van der Waals surface area (Å²) in [7, 11) is 0. The summed E-state index contributed by atoms with van der Waals surface area (Å²) in [5.74, 6) is 1.00. The highest BCUT2D eigenvalue weighted by molar-refractivity contribution is 5.65. The molecule has 5 nitrogen and oxygen atoms in total. The SMILES string of the molecule is Nc1cccc(OCCC2CCC2)c1[N+](=O)[O-]. The van der Waals surface area contributed by atoms with Gasteiger partial charge in [-0.15, -0.1) is 0 Å². The van der Waals surface area contributed by atoms with Crippen LogP contribution in [0.2, 0.25) is 0 Å². The van der Waals surface area contributed by atoms with Gasteiger partial charge in [0.05, 0.1) is 11.5 Å². The number of hydrogen-bond donors (Lipinski definition) is 1. The molecular weight excluding hydrogens is 220 g/mol. The number of nitrogen functional groups attached to an aromatic ring is 1. The first kappa shape index (κ1) is 11.7. The van der Waals surface area contributed by atoms with E-state index in [4.69, 9.17) is 10.5 Å². The lowest BCUT2D eigenvalue weighted by molar-refractivity contribution is -0.384. The standard InChI is InChI=1S/C12H16N2O3/c13-10-5-2-6-11(12(10)14(15)16)17-8-7-9-3-1-4-9/h2,5-6,9H,1,3-4,7-8,13H2. The van der Waals surface area contributed by atoms with Crippen molar-refractivity contribution >= 4 is 11.4 Å². The second kappa shape index (κ2) is 5.03. The van der Waals surface area contributed by atoms with Gasteiger partial charge in [0.15, 0.2) is 5.75 Å². The van der Waals surface area contributed by atoms with Crippen LogP contribution in [-0.2, 0) is 0 Å². The van der Waals surface area contributed by atoms with Gasteiger partial charge in [-0.2, -0.15) is 0 Å². The molecule has 0 spiro atoms. The number of ether oxygens (including phenoxy) is 1. The van der Waals surface area contributed by atoms with Crippen LogP contribution in [0.4, 0.5) is 11.4 Å². The van der Waals surface area contributed by atoms with Gasteiger partial charge in [0.1, 0.15) is 5.69 Å². The Balaban J connectivity index is 1.98. The normalized spacial score (nSPS) is 15.3. The lowest BCUT2D eigenvalue weighted by atomic mass is 9.83. The fourth-order valence-electron chi connectivity index (χ4n) is 1.97. The Kier molecular flexibility index (Phi) is 3.46. The molecule has 0 saturated heterocycles. The monoisotopic (exact) mass is 236 g/mol. The van der Waals surface area contributed by atoms with E-state index in [1.807, 2.05) is 0 Å². The second-order valence-corrected chi connectivity index (χ2v) is 4.39. The minimum atomic E-state index is -0.492. The summed E-state index contributed by atoms with van der Waals surface area (Å²) >= 11 is 0. The Hall–Kier alpha value is -1.78. The van der Waals surface area contributed by atoms with E-state index in [1.54, 1.807) is 12.1 Å². The first-order valence-electron chi connectivity index (χ1n) is 5.84. The van der Waals surface area contributed by atoms with Gasteiger partial charge in [-0.1, -0.05) is 25.3 Å². The summed E-state index contributed by atoms with van der Waals surface area (Å²) in [6, 6.07) is 4.77. The van der Waals surface area contributed by atoms with Crippen molar-refractivity contribution in [1.29, 1.82) is 0 Å². The highest BCUT2D eigenvalue weighted by Gasteiger charge is 2.20. The predicted molar refractivity (Wildman–Crippen MR) is 65.0 cm³/mol. The van der Waals surface area contributed by atoms with E-state index < -0.39 is 4.92 Å². The highest BCUT2D eigenvalue weighted by Crippen LogP contribution is 2.34. The van der Waals surface area contributed by atoms with Gasteiger partial charge in [0.25, 0.3) is 0 Å². The Labute approximate surface area is 99.7 Å². The summed E-state index contributed by atoms with van der Waals surface area (Å²) in [6.45, 7) is 0.523. The number of para-hydroxylation sites is 1. The van der Waals surface area contributed by atoms with Crippen LogP contribution in [0.3, 0.4) is 0 Å². The molecule has 0 heterocycles. The first-order chi connectivity index (χ1) is 8.18. The van der Waals surface area contributed by atoms with Gasteiger partial charge in [-0.3, -0.25) is 10.1 Å². The van der Waals surface area contributed by atoms with Crippen LogP contribution >= 0.6 is 0 Å². The van der Waals surface area contributed by atoms with E-state index in [0.717, 1.165) is 12.3 Å². The zero-order valence-electron chi connectivity index (χ0n) is 9.59. The van der Waals surface area contributed by atoms with Crippen LogP contribution in [0.5, 0.6) is 5.75 Å². The van der Waals surface area contributed by atoms with Gasteiger partial charge >= 0.3 is 5.69 Å². The number of anilines is 1. The van der Waals surface area contributed by atoms with Crippen molar-refractivity contribution in [2.75, 3.05) is 12.3 Å². The topological polar surface area (TPSA) is 78.4 Å². The summed E-state index contributed by atoms with van der Waals surface area (Å²) in [4.78, 5) is 10.4. The van der Waals surface area contributed by atoms with Crippen molar-refractivity contribution in [1.82, 2.24) is 0 Å². The molecule has 1 aliphatic rings. The van der Waals surface area contributed by atoms with Gasteiger partial charge in [-0.25, -0.2) is 0 Å². The molecule has 2 rings (SSSR count). The van der Waals surface area contributed by atoms with Crippen LogP contribution in [0.1, 0.15) is 25.7 Å². The van der Waals surface area contributed by atoms with E-state index in [-0.39, 0.29) is 17.1 Å². The summed E-state index contributed by atoms with van der Waals surface area (Å²) in [5, 5.41) is 10.9. The van der Waals surface area contributed by atoms with Gasteiger partial charge in [-0.05, 0) is 24.5 Å². The molecule has 0 bridgehead atoms. The molecule has 1 aromatic rings. The molecule has 17 heavy (non-hydrogen) atoms. The van der Waals surface area contributed by atoms with E-state index in [2.05, 4.69) is 0 Å². The Bertz CT molecular complexity index is 416. The molecule has 0 aliphatic heterocycles. The van der Waals surface area contributed by atoms with Crippen molar-refractivity contribution in [3.63, 3.8) is 0 Å². The number of nitro groups is 1. The van der Waals surface area contributed by atoms with Crippen LogP contribution in [0.15, 0.2) is 18.2 Å². The quantitative estimate of drug-likeness (QED) is 0.484. The lowest BCUT2D eigenvalue weighted by Gasteiger charge is -2.24. The van der Waals surface area contributed by atoms with Crippen LogP contribution in [0, 0.1) is 16.0 Å². The Morgan fingerprint density at radius 3 is 2.82 bits per heavy atom. The first-order valence-corrected chi connectivity index (χ1v) is 5.84. The average Bonchev–Trinajstić information content (AvgIpc) is 2.21. The fraction of sp³-hybridized carbons (Fsp3) is 0.500. The molecular formula is C12H16N2O3. The minimum Gasteiger partial charge on any atom is -0.487 e. The van der Waals surface area contributed by atoms with E-state index in [9.17, 15) is 10.1 Å². The fourth-order valence-corrected chi connectivity index (χ4v) is 1.97. The molecule has 0 unspecified atom stereocenters. The number of nitrogens with zero attached hydrogens (tertiary/aromatic N) is 1. The van der Waals surface area contributed by atoms with Crippen molar-refractivity contribution in [2.45, 2.75) is 25.7 Å². The second-order valence-electron chi connectivity index (χ2n) is 4.39. The van der Waals surface area contributed by atoms with Crippen molar-refractivity contribution < 1.29 is 9.66 Å². The van der Waals surface area contributed by atoms with Crippen LogP contribution in [-0.4, -0.2) is 11.5 Å². The zero-order valence-corrected chi connectivity index (χ0v) is 9.59. The summed E-state index contributed by atoms with van der Waals surface area (Å²) in [5.41, 5.74) is 5.59. The van der Waals surface area contributed by atoms with E-state index in [0.29, 0.717) is 6.61 Å². The molecule has 1 aliphatic carbocycles. The largest absolute Gasteiger partial charge is 0.487 e. The zero-order chi connectivity index (χ0) is 12.3.